The smallest absolute Gasteiger partial charge is 0.0695 e. The van der Waals surface area contributed by atoms with Gasteiger partial charge in [-0.1, -0.05) is 0 Å². The molecule has 0 aromatic heterocycles. The Kier molecular flexibility index (Phi) is 3.65. The molecule has 3 atom stereocenters. The molecule has 1 N–H and O–H groups in total. The van der Waals surface area contributed by atoms with Gasteiger partial charge in [0.15, 0.2) is 0 Å². The highest BCUT2D eigenvalue weighted by molar-refractivity contribution is 4.89. The number of rotatable bonds is 2. The molecule has 0 aromatic carbocycles. The van der Waals surface area contributed by atoms with Gasteiger partial charge >= 0.3 is 0 Å². The number of likely N-dealkylation sites (N-methyl/N-ethyl adjacent to an activating group) is 2. The summed E-state index contributed by atoms with van der Waals surface area (Å²) in [4.78, 5) is 4.85. The maximum atomic E-state index is 9.90. The van der Waals surface area contributed by atoms with Crippen molar-refractivity contribution in [3.05, 3.63) is 0 Å². The molecule has 3 nitrogen and oxygen atoms in total. The summed E-state index contributed by atoms with van der Waals surface area (Å²) < 4.78 is 0. The Balaban J connectivity index is 1.91. The van der Waals surface area contributed by atoms with Crippen molar-refractivity contribution in [3.8, 4) is 0 Å². The predicted molar refractivity (Wildman–Crippen MR) is 61.9 cm³/mol. The van der Waals surface area contributed by atoms with Gasteiger partial charge < -0.3 is 10.0 Å². The highest BCUT2D eigenvalue weighted by Gasteiger charge is 2.33. The van der Waals surface area contributed by atoms with Gasteiger partial charge in [-0.15, -0.1) is 0 Å². The van der Waals surface area contributed by atoms with Crippen molar-refractivity contribution < 1.29 is 5.11 Å². The van der Waals surface area contributed by atoms with Gasteiger partial charge in [-0.2, -0.15) is 0 Å². The van der Waals surface area contributed by atoms with Crippen molar-refractivity contribution in [2.75, 3.05) is 27.2 Å². The van der Waals surface area contributed by atoms with Crippen LogP contribution in [-0.4, -0.2) is 60.3 Å². The van der Waals surface area contributed by atoms with Gasteiger partial charge in [-0.3, -0.25) is 4.90 Å². The quantitative estimate of drug-likeness (QED) is 0.737. The summed E-state index contributed by atoms with van der Waals surface area (Å²) in [5, 5.41) is 9.90. The summed E-state index contributed by atoms with van der Waals surface area (Å²) in [5.41, 5.74) is 0. The number of likely N-dealkylation sites (tertiary alicyclic amines) is 1. The number of hydrogen-bond donors (Lipinski definition) is 1. The van der Waals surface area contributed by atoms with Crippen molar-refractivity contribution >= 4 is 0 Å². The van der Waals surface area contributed by atoms with E-state index in [0.717, 1.165) is 6.42 Å². The second-order valence-corrected chi connectivity index (χ2v) is 5.29. The van der Waals surface area contributed by atoms with Gasteiger partial charge in [0.05, 0.1) is 6.10 Å². The van der Waals surface area contributed by atoms with Crippen LogP contribution >= 0.6 is 0 Å². The maximum absolute atomic E-state index is 9.90. The summed E-state index contributed by atoms with van der Waals surface area (Å²) in [7, 11) is 4.40. The average molecular weight is 212 g/mol. The Bertz CT molecular complexity index is 210. The Labute approximate surface area is 93.1 Å². The lowest BCUT2D eigenvalue weighted by molar-refractivity contribution is 0.0370. The minimum Gasteiger partial charge on any atom is -0.391 e. The molecule has 3 unspecified atom stereocenters. The second-order valence-electron chi connectivity index (χ2n) is 5.29. The van der Waals surface area contributed by atoms with E-state index in [1.54, 1.807) is 0 Å². The fraction of sp³-hybridized carbons (Fsp3) is 1.00. The van der Waals surface area contributed by atoms with Gasteiger partial charge in [0.1, 0.15) is 0 Å². The molecule has 0 aromatic rings. The van der Waals surface area contributed by atoms with E-state index in [1.807, 2.05) is 0 Å². The summed E-state index contributed by atoms with van der Waals surface area (Å²) in [6.45, 7) is 2.40. The van der Waals surface area contributed by atoms with Crippen LogP contribution in [0.15, 0.2) is 0 Å². The average Bonchev–Trinajstić information content (AvgIpc) is 2.63. The lowest BCUT2D eigenvalue weighted by Crippen LogP contribution is -2.50. The third kappa shape index (κ3) is 2.52. The van der Waals surface area contributed by atoms with Gasteiger partial charge in [0.2, 0.25) is 0 Å². The Hall–Kier alpha value is -0.120. The number of nitrogens with zero attached hydrogens (tertiary/aromatic N) is 2. The van der Waals surface area contributed by atoms with Crippen LogP contribution < -0.4 is 0 Å². The molecule has 0 spiro atoms. The number of aliphatic hydroxyl groups is 1. The zero-order valence-corrected chi connectivity index (χ0v) is 10.0. The highest BCUT2D eigenvalue weighted by Crippen LogP contribution is 2.26. The van der Waals surface area contributed by atoms with Crippen LogP contribution in [0.2, 0.25) is 0 Å². The van der Waals surface area contributed by atoms with Crippen LogP contribution in [0.3, 0.4) is 0 Å². The third-order valence-corrected chi connectivity index (χ3v) is 4.14. The molecule has 2 rings (SSSR count). The molecule has 0 radical (unpaired) electrons. The van der Waals surface area contributed by atoms with E-state index < -0.39 is 0 Å². The number of piperidine rings is 1. The first kappa shape index (κ1) is 11.4. The summed E-state index contributed by atoms with van der Waals surface area (Å²) in [6, 6.07) is 1.07. The van der Waals surface area contributed by atoms with E-state index in [2.05, 4.69) is 23.9 Å². The zero-order valence-electron chi connectivity index (χ0n) is 10.0. The maximum Gasteiger partial charge on any atom is 0.0695 e. The van der Waals surface area contributed by atoms with E-state index in [4.69, 9.17) is 0 Å². The molecule has 1 aliphatic heterocycles. The van der Waals surface area contributed by atoms with Crippen molar-refractivity contribution in [1.82, 2.24) is 9.80 Å². The second kappa shape index (κ2) is 4.81. The first-order valence-corrected chi connectivity index (χ1v) is 6.27. The fourth-order valence-electron chi connectivity index (χ4n) is 3.14. The lowest BCUT2D eigenvalue weighted by Gasteiger charge is -2.39. The van der Waals surface area contributed by atoms with Crippen molar-refractivity contribution in [3.63, 3.8) is 0 Å². The molecule has 0 amide bonds. The van der Waals surface area contributed by atoms with Crippen LogP contribution in [0.5, 0.6) is 0 Å². The van der Waals surface area contributed by atoms with Crippen LogP contribution in [0.4, 0.5) is 0 Å². The fourth-order valence-corrected chi connectivity index (χ4v) is 3.14. The summed E-state index contributed by atoms with van der Waals surface area (Å²) in [6.07, 6.45) is 5.88. The van der Waals surface area contributed by atoms with Crippen LogP contribution in [0, 0.1) is 0 Å². The third-order valence-electron chi connectivity index (χ3n) is 4.14. The largest absolute Gasteiger partial charge is 0.391 e. The molecule has 1 saturated heterocycles. The van der Waals surface area contributed by atoms with E-state index in [1.165, 1.54) is 38.8 Å². The van der Waals surface area contributed by atoms with Crippen LogP contribution in [0.1, 0.15) is 32.1 Å². The molecule has 1 saturated carbocycles. The Morgan fingerprint density at radius 3 is 2.60 bits per heavy atom. The molecule has 2 fully saturated rings. The molecule has 88 valence electrons. The van der Waals surface area contributed by atoms with Gasteiger partial charge in [-0.25, -0.2) is 0 Å². The minimum absolute atomic E-state index is 0.0813. The minimum atomic E-state index is -0.0813. The molecule has 1 heterocycles. The van der Waals surface area contributed by atoms with E-state index in [-0.39, 0.29) is 6.10 Å². The topological polar surface area (TPSA) is 26.7 Å². The summed E-state index contributed by atoms with van der Waals surface area (Å²) in [5.74, 6) is 0. The monoisotopic (exact) mass is 212 g/mol. The van der Waals surface area contributed by atoms with Gasteiger partial charge in [0, 0.05) is 18.6 Å². The number of hydrogen-bond acceptors (Lipinski definition) is 3. The molecule has 15 heavy (non-hydrogen) atoms. The zero-order chi connectivity index (χ0) is 10.8. The Morgan fingerprint density at radius 1 is 1.20 bits per heavy atom. The normalized spacial score (nSPS) is 38.8. The van der Waals surface area contributed by atoms with Crippen LogP contribution in [0.25, 0.3) is 0 Å². The number of aliphatic hydroxyl groups excluding tert-OH is 1. The first-order chi connectivity index (χ1) is 7.18. The molecular weight excluding hydrogens is 188 g/mol. The van der Waals surface area contributed by atoms with E-state index in [9.17, 15) is 5.11 Å². The van der Waals surface area contributed by atoms with E-state index >= 15 is 0 Å². The molecule has 3 heteroatoms. The predicted octanol–water partition coefficient (Wildman–Crippen LogP) is 0.926. The molecular formula is C12H24N2O. The van der Waals surface area contributed by atoms with E-state index in [0.29, 0.717) is 12.1 Å². The van der Waals surface area contributed by atoms with Crippen molar-refractivity contribution in [2.45, 2.75) is 50.3 Å². The molecule has 2 aliphatic rings. The Morgan fingerprint density at radius 2 is 2.00 bits per heavy atom. The standard InChI is InChI=1S/C12H24N2O/c1-13-8-4-5-10(9-13)14(2)11-6-3-7-12(11)15/h10-12,15H,3-9H2,1-2H3. The molecule has 1 aliphatic carbocycles. The van der Waals surface area contributed by atoms with Gasteiger partial charge in [0.25, 0.3) is 0 Å². The first-order valence-electron chi connectivity index (χ1n) is 6.27. The highest BCUT2D eigenvalue weighted by atomic mass is 16.3. The lowest BCUT2D eigenvalue weighted by atomic mass is 10.0. The summed E-state index contributed by atoms with van der Waals surface area (Å²) >= 11 is 0. The van der Waals surface area contributed by atoms with Crippen molar-refractivity contribution in [2.24, 2.45) is 0 Å². The SMILES string of the molecule is CN1CCCC(N(C)C2CCCC2O)C1. The van der Waals surface area contributed by atoms with Crippen LogP contribution in [-0.2, 0) is 0 Å². The van der Waals surface area contributed by atoms with Gasteiger partial charge in [-0.05, 0) is 52.7 Å². The molecule has 0 bridgehead atoms. The van der Waals surface area contributed by atoms with Crippen molar-refractivity contribution in [1.29, 1.82) is 0 Å².